The van der Waals surface area contributed by atoms with E-state index in [1.807, 2.05) is 0 Å². The van der Waals surface area contributed by atoms with Crippen molar-refractivity contribution in [3.8, 4) is 0 Å². The molecular formula is C8H10O5. The molecule has 0 bridgehead atoms. The summed E-state index contributed by atoms with van der Waals surface area (Å²) in [6.07, 6.45) is 0.906. The first-order valence-electron chi connectivity index (χ1n) is 4.03. The predicted molar refractivity (Wildman–Crippen MR) is 40.6 cm³/mol. The highest BCUT2D eigenvalue weighted by molar-refractivity contribution is 5.81. The van der Waals surface area contributed by atoms with Crippen LogP contribution in [0.1, 0.15) is 0 Å². The largest absolute Gasteiger partial charge is 0.460 e. The van der Waals surface area contributed by atoms with Crippen LogP contribution >= 0.6 is 0 Å². The van der Waals surface area contributed by atoms with Crippen molar-refractivity contribution in [3.63, 3.8) is 0 Å². The number of epoxide rings is 1. The molecule has 5 nitrogen and oxygen atoms in total. The van der Waals surface area contributed by atoms with E-state index in [-0.39, 0.29) is 25.3 Å². The summed E-state index contributed by atoms with van der Waals surface area (Å²) in [6.45, 7) is 3.79. The molecule has 0 N–H and O–H groups in total. The molecule has 0 aromatic heterocycles. The summed E-state index contributed by atoms with van der Waals surface area (Å²) in [4.78, 5) is 10.6. The maximum absolute atomic E-state index is 10.6. The highest BCUT2D eigenvalue weighted by atomic mass is 16.9. The average molecular weight is 186 g/mol. The van der Waals surface area contributed by atoms with Gasteiger partial charge in [-0.25, -0.2) is 4.79 Å². The van der Waals surface area contributed by atoms with Gasteiger partial charge in [0.15, 0.2) is 18.7 Å². The Balaban J connectivity index is 1.49. The molecule has 5 heteroatoms. The first-order chi connectivity index (χ1) is 6.31. The van der Waals surface area contributed by atoms with Crippen molar-refractivity contribution in [2.75, 3.05) is 13.2 Å². The summed E-state index contributed by atoms with van der Waals surface area (Å²) in [5, 5.41) is 0. The summed E-state index contributed by atoms with van der Waals surface area (Å²) in [6, 6.07) is 0. The number of esters is 1. The molecule has 0 aromatic carbocycles. The third-order valence-electron chi connectivity index (χ3n) is 1.80. The first-order valence-corrected chi connectivity index (χ1v) is 4.03. The highest BCUT2D eigenvalue weighted by Crippen LogP contribution is 2.40. The molecular weight excluding hydrogens is 176 g/mol. The molecule has 0 saturated carbocycles. The fraction of sp³-hybridized carbons (Fsp3) is 0.625. The lowest BCUT2D eigenvalue weighted by Gasteiger charge is -2.20. The fourth-order valence-electron chi connectivity index (χ4n) is 1.03. The van der Waals surface area contributed by atoms with Crippen LogP contribution in [-0.4, -0.2) is 37.9 Å². The van der Waals surface area contributed by atoms with Crippen LogP contribution in [0.3, 0.4) is 0 Å². The lowest BCUT2D eigenvalue weighted by Crippen LogP contribution is -2.36. The van der Waals surface area contributed by atoms with Gasteiger partial charge in [-0.1, -0.05) is 6.58 Å². The molecule has 2 rings (SSSR count). The van der Waals surface area contributed by atoms with E-state index >= 15 is 0 Å². The van der Waals surface area contributed by atoms with Crippen LogP contribution in [0.2, 0.25) is 0 Å². The van der Waals surface area contributed by atoms with E-state index in [9.17, 15) is 4.79 Å². The van der Waals surface area contributed by atoms with E-state index in [4.69, 9.17) is 14.2 Å². The van der Waals surface area contributed by atoms with E-state index in [1.54, 1.807) is 0 Å². The second-order valence-corrected chi connectivity index (χ2v) is 2.72. The molecule has 2 fully saturated rings. The van der Waals surface area contributed by atoms with E-state index in [2.05, 4.69) is 11.3 Å². The molecule has 0 radical (unpaired) electrons. The van der Waals surface area contributed by atoms with Crippen LogP contribution in [0, 0.1) is 0 Å². The monoisotopic (exact) mass is 186 g/mol. The van der Waals surface area contributed by atoms with Crippen molar-refractivity contribution in [2.45, 2.75) is 18.7 Å². The Morgan fingerprint density at radius 2 is 2.31 bits per heavy atom. The van der Waals surface area contributed by atoms with Crippen molar-refractivity contribution in [2.24, 2.45) is 0 Å². The van der Waals surface area contributed by atoms with Crippen LogP contribution in [0.25, 0.3) is 0 Å². The second-order valence-electron chi connectivity index (χ2n) is 2.72. The zero-order valence-corrected chi connectivity index (χ0v) is 6.97. The van der Waals surface area contributed by atoms with E-state index in [0.717, 1.165) is 6.08 Å². The smallest absolute Gasteiger partial charge is 0.330 e. The van der Waals surface area contributed by atoms with Crippen LogP contribution in [0.5, 0.6) is 0 Å². The molecule has 3 atom stereocenters. The average Bonchev–Trinajstić information content (AvgIpc) is 2.76. The van der Waals surface area contributed by atoms with Gasteiger partial charge >= 0.3 is 5.97 Å². The molecule has 2 saturated heterocycles. The van der Waals surface area contributed by atoms with Crippen LogP contribution in [0.4, 0.5) is 0 Å². The Morgan fingerprint density at radius 3 is 2.85 bits per heavy atom. The Hall–Kier alpha value is -0.910. The minimum absolute atomic E-state index is 0.0410. The number of carbonyl (C=O) groups excluding carboxylic acids is 1. The third kappa shape index (κ3) is 1.88. The van der Waals surface area contributed by atoms with Crippen LogP contribution in [-0.2, 0) is 23.7 Å². The van der Waals surface area contributed by atoms with Gasteiger partial charge in [0.05, 0.1) is 6.61 Å². The second kappa shape index (κ2) is 3.45. The maximum atomic E-state index is 10.6. The number of fused-ring (bicyclic) bond motifs is 1. The van der Waals surface area contributed by atoms with Gasteiger partial charge in [0.1, 0.15) is 6.61 Å². The Kier molecular flexibility index (Phi) is 2.30. The van der Waals surface area contributed by atoms with Gasteiger partial charge in [0, 0.05) is 6.08 Å². The van der Waals surface area contributed by atoms with Crippen molar-refractivity contribution in [1.29, 1.82) is 0 Å². The van der Waals surface area contributed by atoms with E-state index < -0.39 is 5.97 Å². The lowest BCUT2D eigenvalue weighted by molar-refractivity contribution is -0.206. The lowest BCUT2D eigenvalue weighted by atomic mass is 10.3. The van der Waals surface area contributed by atoms with Crippen molar-refractivity contribution < 1.29 is 23.7 Å². The number of hydrogen-bond acceptors (Lipinski definition) is 5. The van der Waals surface area contributed by atoms with Gasteiger partial charge in [-0.15, -0.1) is 0 Å². The van der Waals surface area contributed by atoms with Gasteiger partial charge in [0.25, 0.3) is 0 Å². The molecule has 3 unspecified atom stereocenters. The van der Waals surface area contributed by atoms with Gasteiger partial charge < -0.3 is 18.9 Å². The number of rotatable bonds is 5. The SMILES string of the molecule is C=CC(=O)OCCOC1OC2OC12. The van der Waals surface area contributed by atoms with E-state index in [1.165, 1.54) is 0 Å². The summed E-state index contributed by atoms with van der Waals surface area (Å²) in [5.74, 6) is -0.446. The van der Waals surface area contributed by atoms with E-state index in [0.29, 0.717) is 6.61 Å². The Morgan fingerprint density at radius 1 is 1.46 bits per heavy atom. The van der Waals surface area contributed by atoms with Gasteiger partial charge in [0.2, 0.25) is 0 Å². The molecule has 0 amide bonds. The first kappa shape index (κ1) is 8.68. The Labute approximate surface area is 75.2 Å². The quantitative estimate of drug-likeness (QED) is 0.258. The molecule has 2 heterocycles. The normalized spacial score (nSPS) is 34.3. The maximum Gasteiger partial charge on any atom is 0.330 e. The standard InChI is InChI=1S/C8H10O5/c1-2-5(9)10-3-4-11-7-6-8(12-6)13-7/h2,6-8H,1,3-4H2. The molecule has 13 heavy (non-hydrogen) atoms. The van der Waals surface area contributed by atoms with Crippen molar-refractivity contribution in [3.05, 3.63) is 12.7 Å². The molecule has 72 valence electrons. The van der Waals surface area contributed by atoms with Crippen LogP contribution < -0.4 is 0 Å². The topological polar surface area (TPSA) is 57.3 Å². The minimum atomic E-state index is -0.446. The summed E-state index contributed by atoms with van der Waals surface area (Å²) in [5.41, 5.74) is 0. The van der Waals surface area contributed by atoms with Gasteiger partial charge in [-0.2, -0.15) is 0 Å². The van der Waals surface area contributed by atoms with Crippen molar-refractivity contribution in [1.82, 2.24) is 0 Å². The molecule has 0 spiro atoms. The van der Waals surface area contributed by atoms with Gasteiger partial charge in [-0.3, -0.25) is 0 Å². The minimum Gasteiger partial charge on any atom is -0.460 e. The summed E-state index contributed by atoms with van der Waals surface area (Å²) in [7, 11) is 0. The number of ether oxygens (including phenoxy) is 4. The molecule has 2 aliphatic rings. The third-order valence-corrected chi connectivity index (χ3v) is 1.80. The summed E-state index contributed by atoms with van der Waals surface area (Å²) >= 11 is 0. The number of carbonyl (C=O) groups is 1. The summed E-state index contributed by atoms with van der Waals surface area (Å²) < 4.78 is 19.9. The molecule has 0 aromatic rings. The predicted octanol–water partition coefficient (Wildman–Crippen LogP) is -0.187. The zero-order valence-electron chi connectivity index (χ0n) is 6.97. The molecule has 2 aliphatic heterocycles. The molecule has 0 aliphatic carbocycles. The highest BCUT2D eigenvalue weighted by Gasteiger charge is 2.59. The van der Waals surface area contributed by atoms with Crippen LogP contribution in [0.15, 0.2) is 12.7 Å². The Bertz CT molecular complexity index is 227. The number of hydrogen-bond donors (Lipinski definition) is 0. The van der Waals surface area contributed by atoms with Gasteiger partial charge in [-0.05, 0) is 0 Å². The van der Waals surface area contributed by atoms with Crippen molar-refractivity contribution >= 4 is 5.97 Å². The zero-order chi connectivity index (χ0) is 9.26. The fourth-order valence-corrected chi connectivity index (χ4v) is 1.03.